The molecule has 0 spiro atoms. The molecule has 0 saturated carbocycles. The number of nitrogens with zero attached hydrogens (tertiary/aromatic N) is 2. The molecule has 1 unspecified atom stereocenters. The number of aromatic nitrogens is 2. The molecule has 2 aromatic carbocycles. The summed E-state index contributed by atoms with van der Waals surface area (Å²) in [5, 5.41) is 2.89. The Morgan fingerprint density at radius 2 is 2.07 bits per heavy atom. The summed E-state index contributed by atoms with van der Waals surface area (Å²) in [6.07, 6.45) is 6.51. The predicted octanol–water partition coefficient (Wildman–Crippen LogP) is 3.49. The molecular weight excluding hydrogens is 345 g/mol. The third kappa shape index (κ3) is 4.41. The summed E-state index contributed by atoms with van der Waals surface area (Å²) in [5.74, 6) is 0.593. The summed E-state index contributed by atoms with van der Waals surface area (Å²) in [4.78, 5) is 16.8. The van der Waals surface area contributed by atoms with Crippen molar-refractivity contribution in [2.45, 2.75) is 6.04 Å². The average molecular weight is 365 g/mol. The second-order valence-corrected chi connectivity index (χ2v) is 5.97. The number of methoxy groups -OCH3 is 1. The minimum absolute atomic E-state index is 0.321. The fraction of sp³-hybridized carbons (Fsp3) is 0.143. The van der Waals surface area contributed by atoms with E-state index in [1.54, 1.807) is 42.3 Å². The van der Waals surface area contributed by atoms with Crippen molar-refractivity contribution < 1.29 is 13.9 Å². The summed E-state index contributed by atoms with van der Waals surface area (Å²) in [6.45, 7) is 0. The van der Waals surface area contributed by atoms with Gasteiger partial charge in [0.25, 0.3) is 0 Å². The van der Waals surface area contributed by atoms with E-state index in [1.807, 2.05) is 31.3 Å². The van der Waals surface area contributed by atoms with Crippen LogP contribution in [0.3, 0.4) is 0 Å². The number of hydrogen-bond acceptors (Lipinski definition) is 3. The Morgan fingerprint density at radius 1 is 1.26 bits per heavy atom. The SMILES string of the molecule is COc1ccccc1/C=C/C(=O)NC(c1cccc(F)c1)c1nccn1C. The number of rotatable bonds is 6. The first-order chi connectivity index (χ1) is 13.1. The van der Waals surface area contributed by atoms with Gasteiger partial charge in [0.15, 0.2) is 0 Å². The molecule has 0 aliphatic carbocycles. The van der Waals surface area contributed by atoms with Crippen LogP contribution in [0.25, 0.3) is 6.08 Å². The van der Waals surface area contributed by atoms with Crippen molar-refractivity contribution in [3.8, 4) is 5.75 Å². The first-order valence-corrected chi connectivity index (χ1v) is 8.43. The molecule has 6 heteroatoms. The summed E-state index contributed by atoms with van der Waals surface area (Å²) in [6, 6.07) is 12.9. The Labute approximate surface area is 157 Å². The number of amides is 1. The van der Waals surface area contributed by atoms with Gasteiger partial charge in [-0.15, -0.1) is 0 Å². The number of ether oxygens (including phenoxy) is 1. The zero-order valence-corrected chi connectivity index (χ0v) is 15.1. The molecule has 0 radical (unpaired) electrons. The Kier molecular flexibility index (Phi) is 5.66. The molecule has 5 nitrogen and oxygen atoms in total. The molecule has 0 aliphatic heterocycles. The topological polar surface area (TPSA) is 56.1 Å². The van der Waals surface area contributed by atoms with Gasteiger partial charge in [-0.2, -0.15) is 0 Å². The van der Waals surface area contributed by atoms with Gasteiger partial charge in [-0.05, 0) is 29.8 Å². The largest absolute Gasteiger partial charge is 0.496 e. The number of benzene rings is 2. The standard InChI is InChI=1S/C21H20FN3O2/c1-25-13-12-23-21(25)20(16-7-5-8-17(22)14-16)24-19(26)11-10-15-6-3-4-9-18(15)27-2/h3-14,20H,1-2H3,(H,24,26)/b11-10+. The van der Waals surface area contributed by atoms with E-state index in [0.717, 1.165) is 5.56 Å². The highest BCUT2D eigenvalue weighted by molar-refractivity contribution is 5.92. The van der Waals surface area contributed by atoms with E-state index < -0.39 is 6.04 Å². The van der Waals surface area contributed by atoms with Crippen molar-refractivity contribution in [1.82, 2.24) is 14.9 Å². The second kappa shape index (κ2) is 8.31. The van der Waals surface area contributed by atoms with Gasteiger partial charge >= 0.3 is 0 Å². The van der Waals surface area contributed by atoms with E-state index in [4.69, 9.17) is 4.74 Å². The van der Waals surface area contributed by atoms with E-state index in [2.05, 4.69) is 10.3 Å². The molecular formula is C21H20FN3O2. The number of carbonyl (C=O) groups excluding carboxylic acids is 1. The fourth-order valence-corrected chi connectivity index (χ4v) is 2.80. The average Bonchev–Trinajstić information content (AvgIpc) is 3.10. The van der Waals surface area contributed by atoms with Crippen molar-refractivity contribution in [3.63, 3.8) is 0 Å². The van der Waals surface area contributed by atoms with E-state index in [-0.39, 0.29) is 11.7 Å². The molecule has 0 fully saturated rings. The van der Waals surface area contributed by atoms with Gasteiger partial charge in [-0.25, -0.2) is 9.37 Å². The van der Waals surface area contributed by atoms with Crippen LogP contribution < -0.4 is 10.1 Å². The summed E-state index contributed by atoms with van der Waals surface area (Å²) in [7, 11) is 3.40. The van der Waals surface area contributed by atoms with Crippen LogP contribution >= 0.6 is 0 Å². The zero-order valence-electron chi connectivity index (χ0n) is 15.1. The first kappa shape index (κ1) is 18.4. The molecule has 138 valence electrons. The van der Waals surface area contributed by atoms with E-state index in [1.165, 1.54) is 18.2 Å². The number of carbonyl (C=O) groups is 1. The number of aryl methyl sites for hydroxylation is 1. The van der Waals surface area contributed by atoms with Crippen LogP contribution in [0.1, 0.15) is 23.0 Å². The Balaban J connectivity index is 1.85. The van der Waals surface area contributed by atoms with Gasteiger partial charge in [-0.3, -0.25) is 4.79 Å². The molecule has 1 amide bonds. The van der Waals surface area contributed by atoms with Gasteiger partial charge in [0.05, 0.1) is 7.11 Å². The Morgan fingerprint density at radius 3 is 2.78 bits per heavy atom. The lowest BCUT2D eigenvalue weighted by molar-refractivity contribution is -0.117. The maximum atomic E-state index is 13.7. The maximum Gasteiger partial charge on any atom is 0.244 e. The number of para-hydroxylation sites is 1. The molecule has 3 aromatic rings. The van der Waals surface area contributed by atoms with Crippen molar-refractivity contribution >= 4 is 12.0 Å². The molecule has 0 bridgehead atoms. The van der Waals surface area contributed by atoms with Crippen LogP contribution in [0.4, 0.5) is 4.39 Å². The van der Waals surface area contributed by atoms with Gasteiger partial charge < -0.3 is 14.6 Å². The maximum absolute atomic E-state index is 13.7. The van der Waals surface area contributed by atoms with Crippen LogP contribution in [0.15, 0.2) is 67.0 Å². The lowest BCUT2D eigenvalue weighted by Gasteiger charge is -2.18. The molecule has 0 saturated heterocycles. The van der Waals surface area contributed by atoms with E-state index in [0.29, 0.717) is 17.1 Å². The van der Waals surface area contributed by atoms with Crippen LogP contribution in [-0.2, 0) is 11.8 Å². The Hall–Kier alpha value is -3.41. The molecule has 1 N–H and O–H groups in total. The molecule has 0 aliphatic rings. The monoisotopic (exact) mass is 365 g/mol. The van der Waals surface area contributed by atoms with Crippen molar-refractivity contribution in [3.05, 3.63) is 89.8 Å². The molecule has 27 heavy (non-hydrogen) atoms. The number of imidazole rings is 1. The minimum Gasteiger partial charge on any atom is -0.496 e. The highest BCUT2D eigenvalue weighted by Gasteiger charge is 2.20. The molecule has 3 rings (SSSR count). The molecule has 1 atom stereocenters. The van der Waals surface area contributed by atoms with Crippen LogP contribution in [0.5, 0.6) is 5.75 Å². The second-order valence-electron chi connectivity index (χ2n) is 5.97. The summed E-state index contributed by atoms with van der Waals surface area (Å²) >= 11 is 0. The van der Waals surface area contributed by atoms with Gasteiger partial charge in [-0.1, -0.05) is 30.3 Å². The first-order valence-electron chi connectivity index (χ1n) is 8.43. The molecule has 1 heterocycles. The van der Waals surface area contributed by atoms with Crippen LogP contribution in [-0.4, -0.2) is 22.6 Å². The normalized spacial score (nSPS) is 12.1. The van der Waals surface area contributed by atoms with Crippen LogP contribution in [0, 0.1) is 5.82 Å². The van der Waals surface area contributed by atoms with Gasteiger partial charge in [0.1, 0.15) is 23.4 Å². The Bertz CT molecular complexity index is 965. The van der Waals surface area contributed by atoms with Crippen molar-refractivity contribution in [1.29, 1.82) is 0 Å². The summed E-state index contributed by atoms with van der Waals surface area (Å²) < 4.78 is 20.8. The van der Waals surface area contributed by atoms with E-state index in [9.17, 15) is 9.18 Å². The predicted molar refractivity (Wildman–Crippen MR) is 102 cm³/mol. The highest BCUT2D eigenvalue weighted by Crippen LogP contribution is 2.22. The number of halogens is 1. The lowest BCUT2D eigenvalue weighted by atomic mass is 10.1. The van der Waals surface area contributed by atoms with Crippen molar-refractivity contribution in [2.75, 3.05) is 7.11 Å². The third-order valence-electron chi connectivity index (χ3n) is 4.14. The van der Waals surface area contributed by atoms with Gasteiger partial charge in [0.2, 0.25) is 5.91 Å². The fourth-order valence-electron chi connectivity index (χ4n) is 2.80. The quantitative estimate of drug-likeness (QED) is 0.681. The zero-order chi connectivity index (χ0) is 19.2. The molecule has 1 aromatic heterocycles. The van der Waals surface area contributed by atoms with Crippen molar-refractivity contribution in [2.24, 2.45) is 7.05 Å². The number of hydrogen-bond donors (Lipinski definition) is 1. The van der Waals surface area contributed by atoms with Crippen LogP contribution in [0.2, 0.25) is 0 Å². The minimum atomic E-state index is -0.574. The van der Waals surface area contributed by atoms with E-state index >= 15 is 0 Å². The highest BCUT2D eigenvalue weighted by atomic mass is 19.1. The third-order valence-corrected chi connectivity index (χ3v) is 4.14. The number of nitrogens with one attached hydrogen (secondary N) is 1. The lowest BCUT2D eigenvalue weighted by Crippen LogP contribution is -2.29. The smallest absolute Gasteiger partial charge is 0.244 e. The van der Waals surface area contributed by atoms with Gasteiger partial charge in [0, 0.05) is 31.1 Å². The summed E-state index contributed by atoms with van der Waals surface area (Å²) in [5.41, 5.74) is 1.40.